The first-order chi connectivity index (χ1) is 8.64. The number of nitriles is 1. The minimum atomic E-state index is -0.0661. The molecule has 6 heteroatoms. The van der Waals surface area contributed by atoms with Gasteiger partial charge in [-0.3, -0.25) is 0 Å². The van der Waals surface area contributed by atoms with Gasteiger partial charge in [0.05, 0.1) is 24.5 Å². The smallest absolute Gasteiger partial charge is 0.231 e. The molecule has 1 aromatic heterocycles. The molecule has 1 saturated heterocycles. The maximum absolute atomic E-state index is 9.06. The standard InChI is InChI=1S/C12H15N3O2S/c1-12(2)7(5-13)9(12)11-14-10(15-17-11)8-6-18-4-3-16-8/h7-9H,3-4,6H2,1-2H3. The quantitative estimate of drug-likeness (QED) is 0.815. The van der Waals surface area contributed by atoms with Gasteiger partial charge in [-0.25, -0.2) is 0 Å². The number of aromatic nitrogens is 2. The normalized spacial score (nSPS) is 33.9. The second-order valence-corrected chi connectivity index (χ2v) is 6.48. The van der Waals surface area contributed by atoms with Crippen molar-refractivity contribution in [3.05, 3.63) is 11.7 Å². The lowest BCUT2D eigenvalue weighted by Crippen LogP contribution is -2.16. The Morgan fingerprint density at radius 2 is 2.33 bits per heavy atom. The van der Waals surface area contributed by atoms with Crippen molar-refractivity contribution in [3.63, 3.8) is 0 Å². The molecular weight excluding hydrogens is 250 g/mol. The van der Waals surface area contributed by atoms with Gasteiger partial charge in [-0.15, -0.1) is 0 Å². The molecule has 0 aromatic carbocycles. The lowest BCUT2D eigenvalue weighted by Gasteiger charge is -2.18. The van der Waals surface area contributed by atoms with E-state index in [0.29, 0.717) is 11.7 Å². The topological polar surface area (TPSA) is 71.9 Å². The van der Waals surface area contributed by atoms with E-state index in [1.807, 2.05) is 11.8 Å². The Labute approximate surface area is 110 Å². The molecule has 0 amide bonds. The van der Waals surface area contributed by atoms with Gasteiger partial charge in [-0.1, -0.05) is 19.0 Å². The highest BCUT2D eigenvalue weighted by Crippen LogP contribution is 2.63. The van der Waals surface area contributed by atoms with Gasteiger partial charge in [0.15, 0.2) is 0 Å². The highest BCUT2D eigenvalue weighted by Gasteiger charge is 2.62. The predicted octanol–water partition coefficient (Wildman–Crippen LogP) is 2.14. The summed E-state index contributed by atoms with van der Waals surface area (Å²) in [4.78, 5) is 4.42. The van der Waals surface area contributed by atoms with Gasteiger partial charge < -0.3 is 9.26 Å². The molecule has 0 radical (unpaired) electrons. The van der Waals surface area contributed by atoms with E-state index >= 15 is 0 Å². The van der Waals surface area contributed by atoms with Crippen molar-refractivity contribution in [2.24, 2.45) is 11.3 Å². The van der Waals surface area contributed by atoms with E-state index < -0.39 is 0 Å². The fourth-order valence-corrected chi connectivity index (χ4v) is 3.32. The average Bonchev–Trinajstić information content (AvgIpc) is 2.77. The van der Waals surface area contributed by atoms with Gasteiger partial charge in [-0.05, 0) is 5.41 Å². The van der Waals surface area contributed by atoms with Gasteiger partial charge in [0.25, 0.3) is 0 Å². The summed E-state index contributed by atoms with van der Waals surface area (Å²) >= 11 is 1.84. The summed E-state index contributed by atoms with van der Waals surface area (Å²) in [5.41, 5.74) is -0.0548. The molecule has 2 fully saturated rings. The molecule has 1 saturated carbocycles. The van der Waals surface area contributed by atoms with Crippen molar-refractivity contribution >= 4 is 11.8 Å². The molecule has 1 aromatic rings. The molecule has 0 spiro atoms. The van der Waals surface area contributed by atoms with Gasteiger partial charge in [-0.2, -0.15) is 22.0 Å². The fraction of sp³-hybridized carbons (Fsp3) is 0.750. The van der Waals surface area contributed by atoms with Crippen LogP contribution in [0.3, 0.4) is 0 Å². The van der Waals surface area contributed by atoms with E-state index in [1.54, 1.807) is 0 Å². The largest absolute Gasteiger partial charge is 0.368 e. The fourth-order valence-electron chi connectivity index (χ4n) is 2.48. The van der Waals surface area contributed by atoms with Crippen LogP contribution in [-0.4, -0.2) is 28.3 Å². The van der Waals surface area contributed by atoms with E-state index in [1.165, 1.54) is 0 Å². The van der Waals surface area contributed by atoms with Gasteiger partial charge in [0, 0.05) is 11.5 Å². The van der Waals surface area contributed by atoms with E-state index in [-0.39, 0.29) is 23.4 Å². The zero-order valence-corrected chi connectivity index (χ0v) is 11.2. The average molecular weight is 265 g/mol. The minimum Gasteiger partial charge on any atom is -0.368 e. The van der Waals surface area contributed by atoms with Crippen molar-refractivity contribution < 1.29 is 9.26 Å². The van der Waals surface area contributed by atoms with Crippen LogP contribution in [0.25, 0.3) is 0 Å². The zero-order valence-electron chi connectivity index (χ0n) is 10.4. The molecule has 2 heterocycles. The summed E-state index contributed by atoms with van der Waals surface area (Å²) < 4.78 is 10.9. The number of nitrogens with zero attached hydrogens (tertiary/aromatic N) is 3. The Bertz CT molecular complexity index is 488. The first kappa shape index (κ1) is 12.0. The molecule has 18 heavy (non-hydrogen) atoms. The summed E-state index contributed by atoms with van der Waals surface area (Å²) in [5.74, 6) is 3.15. The van der Waals surface area contributed by atoms with Crippen LogP contribution in [0.5, 0.6) is 0 Å². The van der Waals surface area contributed by atoms with Crippen LogP contribution in [0.15, 0.2) is 4.52 Å². The van der Waals surface area contributed by atoms with E-state index in [9.17, 15) is 0 Å². The molecule has 3 unspecified atom stereocenters. The molecular formula is C12H15N3O2S. The zero-order chi connectivity index (χ0) is 12.8. The third kappa shape index (κ3) is 1.82. The number of thioether (sulfide) groups is 1. The highest BCUT2D eigenvalue weighted by molar-refractivity contribution is 7.99. The molecule has 5 nitrogen and oxygen atoms in total. The van der Waals surface area contributed by atoms with Gasteiger partial charge >= 0.3 is 0 Å². The van der Waals surface area contributed by atoms with Crippen molar-refractivity contribution in [2.45, 2.75) is 25.9 Å². The number of rotatable bonds is 2. The molecule has 1 aliphatic carbocycles. The molecule has 96 valence electrons. The number of ether oxygens (including phenoxy) is 1. The van der Waals surface area contributed by atoms with Crippen molar-refractivity contribution in [1.82, 2.24) is 10.1 Å². The second kappa shape index (κ2) is 4.25. The highest BCUT2D eigenvalue weighted by atomic mass is 32.2. The molecule has 3 atom stereocenters. The Morgan fingerprint density at radius 1 is 1.50 bits per heavy atom. The van der Waals surface area contributed by atoms with Crippen LogP contribution in [0.4, 0.5) is 0 Å². The number of hydrogen-bond acceptors (Lipinski definition) is 6. The van der Waals surface area contributed by atoms with Crippen molar-refractivity contribution in [1.29, 1.82) is 5.26 Å². The summed E-state index contributed by atoms with van der Waals surface area (Å²) in [7, 11) is 0. The van der Waals surface area contributed by atoms with Crippen LogP contribution < -0.4 is 0 Å². The summed E-state index contributed by atoms with van der Waals surface area (Å²) in [5, 5.41) is 13.1. The van der Waals surface area contributed by atoms with E-state index in [4.69, 9.17) is 14.5 Å². The maximum Gasteiger partial charge on any atom is 0.231 e. The minimum absolute atomic E-state index is 0.0209. The Morgan fingerprint density at radius 3 is 2.94 bits per heavy atom. The van der Waals surface area contributed by atoms with Crippen LogP contribution in [0, 0.1) is 22.7 Å². The van der Waals surface area contributed by atoms with E-state index in [2.05, 4.69) is 30.1 Å². The van der Waals surface area contributed by atoms with Crippen LogP contribution in [0.1, 0.15) is 37.6 Å². The van der Waals surface area contributed by atoms with Crippen LogP contribution >= 0.6 is 11.8 Å². The lowest BCUT2D eigenvalue weighted by atomic mass is 10.1. The van der Waals surface area contributed by atoms with Crippen LogP contribution in [-0.2, 0) is 4.74 Å². The first-order valence-electron chi connectivity index (χ1n) is 6.07. The second-order valence-electron chi connectivity index (χ2n) is 5.33. The number of hydrogen-bond donors (Lipinski definition) is 0. The van der Waals surface area contributed by atoms with Crippen molar-refractivity contribution in [2.75, 3.05) is 18.1 Å². The Kier molecular flexibility index (Phi) is 2.83. The summed E-state index contributed by atoms with van der Waals surface area (Å²) in [6.45, 7) is 4.85. The lowest BCUT2D eigenvalue weighted by molar-refractivity contribution is 0.0677. The van der Waals surface area contributed by atoms with Gasteiger partial charge in [0.2, 0.25) is 11.7 Å². The third-order valence-corrected chi connectivity index (χ3v) is 4.79. The molecule has 2 aliphatic rings. The summed E-state index contributed by atoms with van der Waals surface area (Å²) in [6, 6.07) is 2.30. The van der Waals surface area contributed by atoms with Crippen LogP contribution in [0.2, 0.25) is 0 Å². The van der Waals surface area contributed by atoms with Crippen molar-refractivity contribution in [3.8, 4) is 6.07 Å². The van der Waals surface area contributed by atoms with E-state index in [0.717, 1.165) is 18.1 Å². The monoisotopic (exact) mass is 265 g/mol. The Balaban J connectivity index is 1.77. The predicted molar refractivity (Wildman–Crippen MR) is 65.9 cm³/mol. The molecule has 0 bridgehead atoms. The molecule has 3 rings (SSSR count). The third-order valence-electron chi connectivity index (χ3n) is 3.79. The first-order valence-corrected chi connectivity index (χ1v) is 7.22. The maximum atomic E-state index is 9.06. The molecule has 1 aliphatic heterocycles. The Hall–Kier alpha value is -1.06. The van der Waals surface area contributed by atoms with Gasteiger partial charge in [0.1, 0.15) is 6.10 Å². The molecule has 0 N–H and O–H groups in total. The SMILES string of the molecule is CC1(C)C(C#N)C1c1nc(C2CSCCO2)no1. The summed E-state index contributed by atoms with van der Waals surface area (Å²) in [6.07, 6.45) is -0.0661.